The van der Waals surface area contributed by atoms with Crippen LogP contribution in [0.25, 0.3) is 0 Å². The molecule has 5 nitrogen and oxygen atoms in total. The number of oxazole rings is 1. The van der Waals surface area contributed by atoms with E-state index in [1.807, 2.05) is 18.2 Å². The molecule has 0 aliphatic carbocycles. The fraction of sp³-hybridized carbons (Fsp3) is 0.316. The molecule has 3 aromatic heterocycles. The predicted octanol–water partition coefficient (Wildman–Crippen LogP) is 4.26. The average Bonchev–Trinajstić information content (AvgIpc) is 3.15. The normalized spacial score (nSPS) is 20.5. The summed E-state index contributed by atoms with van der Waals surface area (Å²) in [4.78, 5) is 13.5. The van der Waals surface area contributed by atoms with Gasteiger partial charge in [-0.1, -0.05) is 17.7 Å². The number of hydrogen-bond donors (Lipinski definition) is 1. The molecule has 1 aliphatic heterocycles. The molecule has 3 aromatic rings. The maximum absolute atomic E-state index is 6.32. The molecule has 6 heteroatoms. The van der Waals surface area contributed by atoms with E-state index in [9.17, 15) is 0 Å². The van der Waals surface area contributed by atoms with Gasteiger partial charge in [0.1, 0.15) is 6.26 Å². The van der Waals surface area contributed by atoms with Gasteiger partial charge >= 0.3 is 0 Å². The molecule has 0 saturated carbocycles. The van der Waals surface area contributed by atoms with E-state index < -0.39 is 0 Å². The SMILES string of the molecule is Clc1cccnc1[C@@H]1CCC[C@H](c2cccc(Cc3cocn3)n2)N1. The highest BCUT2D eigenvalue weighted by Gasteiger charge is 2.26. The maximum Gasteiger partial charge on any atom is 0.180 e. The molecule has 1 aliphatic rings. The Morgan fingerprint density at radius 1 is 1.08 bits per heavy atom. The molecular formula is C19H19ClN4O. The Bertz CT molecular complexity index is 837. The highest BCUT2D eigenvalue weighted by atomic mass is 35.5. The van der Waals surface area contributed by atoms with Gasteiger partial charge in [0.2, 0.25) is 0 Å². The lowest BCUT2D eigenvalue weighted by Crippen LogP contribution is -2.32. The Morgan fingerprint density at radius 2 is 2.00 bits per heavy atom. The van der Waals surface area contributed by atoms with Crippen molar-refractivity contribution in [2.24, 2.45) is 0 Å². The van der Waals surface area contributed by atoms with Gasteiger partial charge in [0.25, 0.3) is 0 Å². The van der Waals surface area contributed by atoms with Crippen LogP contribution in [0.2, 0.25) is 5.02 Å². The smallest absolute Gasteiger partial charge is 0.180 e. The van der Waals surface area contributed by atoms with Crippen LogP contribution in [0.1, 0.15) is 54.1 Å². The van der Waals surface area contributed by atoms with Gasteiger partial charge < -0.3 is 9.73 Å². The van der Waals surface area contributed by atoms with Gasteiger partial charge in [0, 0.05) is 24.4 Å². The molecular weight excluding hydrogens is 336 g/mol. The van der Waals surface area contributed by atoms with Crippen LogP contribution in [0.4, 0.5) is 0 Å². The van der Waals surface area contributed by atoms with Gasteiger partial charge in [-0.2, -0.15) is 0 Å². The van der Waals surface area contributed by atoms with Crippen LogP contribution in [0.15, 0.2) is 53.6 Å². The van der Waals surface area contributed by atoms with Crippen molar-refractivity contribution >= 4 is 11.6 Å². The number of pyridine rings is 2. The third kappa shape index (κ3) is 3.72. The Balaban J connectivity index is 1.52. The summed E-state index contributed by atoms with van der Waals surface area (Å²) in [5.41, 5.74) is 3.86. The van der Waals surface area contributed by atoms with E-state index in [1.54, 1.807) is 12.5 Å². The van der Waals surface area contributed by atoms with Crippen LogP contribution >= 0.6 is 11.6 Å². The zero-order chi connectivity index (χ0) is 17.1. The van der Waals surface area contributed by atoms with Crippen LogP contribution in [0.5, 0.6) is 0 Å². The number of hydrogen-bond acceptors (Lipinski definition) is 5. The fourth-order valence-electron chi connectivity index (χ4n) is 3.34. The van der Waals surface area contributed by atoms with E-state index in [4.69, 9.17) is 21.0 Å². The summed E-state index contributed by atoms with van der Waals surface area (Å²) < 4.78 is 5.04. The van der Waals surface area contributed by atoms with Crippen molar-refractivity contribution in [1.29, 1.82) is 0 Å². The average molecular weight is 355 g/mol. The van der Waals surface area contributed by atoms with E-state index in [0.29, 0.717) is 11.4 Å². The molecule has 4 rings (SSSR count). The molecule has 0 aromatic carbocycles. The van der Waals surface area contributed by atoms with E-state index in [1.165, 1.54) is 6.39 Å². The first-order valence-electron chi connectivity index (χ1n) is 8.49. The van der Waals surface area contributed by atoms with Crippen LogP contribution in [-0.4, -0.2) is 15.0 Å². The monoisotopic (exact) mass is 354 g/mol. The van der Waals surface area contributed by atoms with E-state index in [-0.39, 0.29) is 12.1 Å². The lowest BCUT2D eigenvalue weighted by atomic mass is 9.94. The largest absolute Gasteiger partial charge is 0.451 e. The Morgan fingerprint density at radius 3 is 2.84 bits per heavy atom. The summed E-state index contributed by atoms with van der Waals surface area (Å²) in [5.74, 6) is 0. The lowest BCUT2D eigenvalue weighted by Gasteiger charge is -2.31. The van der Waals surface area contributed by atoms with Crippen LogP contribution in [0, 0.1) is 0 Å². The molecule has 1 fully saturated rings. The van der Waals surface area contributed by atoms with Gasteiger partial charge in [-0.25, -0.2) is 4.98 Å². The Hall–Kier alpha value is -2.24. The van der Waals surface area contributed by atoms with Crippen molar-refractivity contribution < 1.29 is 4.42 Å². The lowest BCUT2D eigenvalue weighted by molar-refractivity contribution is 0.321. The second-order valence-electron chi connectivity index (χ2n) is 6.28. The molecule has 25 heavy (non-hydrogen) atoms. The molecule has 2 atom stereocenters. The number of aromatic nitrogens is 3. The zero-order valence-corrected chi connectivity index (χ0v) is 14.5. The van der Waals surface area contributed by atoms with Crippen molar-refractivity contribution in [3.05, 3.63) is 77.0 Å². The number of rotatable bonds is 4. The molecule has 0 spiro atoms. The molecule has 128 valence electrons. The fourth-order valence-corrected chi connectivity index (χ4v) is 3.59. The summed E-state index contributed by atoms with van der Waals surface area (Å²) in [5, 5.41) is 4.39. The third-order valence-electron chi connectivity index (χ3n) is 4.54. The van der Waals surface area contributed by atoms with Crippen molar-refractivity contribution in [1.82, 2.24) is 20.3 Å². The zero-order valence-electron chi connectivity index (χ0n) is 13.7. The highest BCUT2D eigenvalue weighted by molar-refractivity contribution is 6.31. The van der Waals surface area contributed by atoms with Gasteiger partial charge in [0.05, 0.1) is 28.1 Å². The molecule has 0 unspecified atom stereocenters. The minimum absolute atomic E-state index is 0.161. The Kier molecular flexibility index (Phi) is 4.76. The highest BCUT2D eigenvalue weighted by Crippen LogP contribution is 2.33. The van der Waals surface area contributed by atoms with Crippen LogP contribution < -0.4 is 5.32 Å². The third-order valence-corrected chi connectivity index (χ3v) is 4.86. The van der Waals surface area contributed by atoms with Gasteiger partial charge in [0.15, 0.2) is 6.39 Å². The molecule has 4 heterocycles. The summed E-state index contributed by atoms with van der Waals surface area (Å²) in [6.45, 7) is 0. The number of halogens is 1. The van der Waals surface area contributed by atoms with Crippen molar-refractivity contribution in [2.75, 3.05) is 0 Å². The molecule has 1 N–H and O–H groups in total. The van der Waals surface area contributed by atoms with Crippen molar-refractivity contribution in [3.8, 4) is 0 Å². The van der Waals surface area contributed by atoms with Crippen molar-refractivity contribution in [2.45, 2.75) is 37.8 Å². The number of piperidine rings is 1. The second-order valence-corrected chi connectivity index (χ2v) is 6.69. The molecule has 0 radical (unpaired) electrons. The quantitative estimate of drug-likeness (QED) is 0.758. The Labute approximate surface area is 151 Å². The van der Waals surface area contributed by atoms with Crippen LogP contribution in [-0.2, 0) is 6.42 Å². The minimum atomic E-state index is 0.161. The van der Waals surface area contributed by atoms with E-state index in [2.05, 4.69) is 27.4 Å². The molecule has 0 amide bonds. The second kappa shape index (κ2) is 7.33. The summed E-state index contributed by atoms with van der Waals surface area (Å²) in [7, 11) is 0. The van der Waals surface area contributed by atoms with Crippen molar-refractivity contribution in [3.63, 3.8) is 0 Å². The first-order chi connectivity index (χ1) is 12.3. The van der Waals surface area contributed by atoms with Gasteiger partial charge in [-0.15, -0.1) is 0 Å². The number of nitrogens with one attached hydrogen (secondary N) is 1. The number of nitrogens with zero attached hydrogens (tertiary/aromatic N) is 3. The van der Waals surface area contributed by atoms with Gasteiger partial charge in [-0.05, 0) is 43.5 Å². The summed E-state index contributed by atoms with van der Waals surface area (Å²) in [6.07, 6.45) is 8.78. The maximum atomic E-state index is 6.32. The van der Waals surface area contributed by atoms with Gasteiger partial charge in [-0.3, -0.25) is 9.97 Å². The first kappa shape index (κ1) is 16.2. The van der Waals surface area contributed by atoms with E-state index >= 15 is 0 Å². The standard InChI is InChI=1S/C19H19ClN4O/c20-15-5-3-9-21-19(15)18-8-2-7-17(24-18)16-6-1-4-13(23-16)10-14-11-25-12-22-14/h1,3-6,9,11-12,17-18,24H,2,7-8,10H2/t17-,18+/m1/s1. The summed E-state index contributed by atoms with van der Waals surface area (Å²) >= 11 is 6.32. The van der Waals surface area contributed by atoms with E-state index in [0.717, 1.165) is 42.0 Å². The topological polar surface area (TPSA) is 63.8 Å². The summed E-state index contributed by atoms with van der Waals surface area (Å²) in [6, 6.07) is 10.3. The first-order valence-corrected chi connectivity index (χ1v) is 8.87. The minimum Gasteiger partial charge on any atom is -0.451 e. The molecule has 1 saturated heterocycles. The molecule has 0 bridgehead atoms. The predicted molar refractivity (Wildman–Crippen MR) is 95.3 cm³/mol. The van der Waals surface area contributed by atoms with Crippen LogP contribution in [0.3, 0.4) is 0 Å².